The van der Waals surface area contributed by atoms with Crippen molar-refractivity contribution < 1.29 is 9.72 Å². The van der Waals surface area contributed by atoms with Gasteiger partial charge in [-0.3, -0.25) is 14.9 Å². The highest BCUT2D eigenvalue weighted by atomic mass is 35.5. The molecule has 0 spiro atoms. The monoisotopic (exact) mass is 325 g/mol. The summed E-state index contributed by atoms with van der Waals surface area (Å²) >= 11 is 7.36. The van der Waals surface area contributed by atoms with Crippen LogP contribution in [0.2, 0.25) is 5.02 Å². The van der Waals surface area contributed by atoms with Gasteiger partial charge in [0, 0.05) is 11.6 Å². The Morgan fingerprint density at radius 3 is 2.81 bits per heavy atom. The summed E-state index contributed by atoms with van der Waals surface area (Å²) in [5, 5.41) is 17.5. The third-order valence-electron chi connectivity index (χ3n) is 2.96. The van der Waals surface area contributed by atoms with Crippen molar-refractivity contribution in [2.24, 2.45) is 0 Å². The molecule has 1 aromatic carbocycles. The minimum Gasteiger partial charge on any atom is -0.392 e. The van der Waals surface area contributed by atoms with Gasteiger partial charge in [0.25, 0.3) is 11.6 Å². The number of nitrogens with two attached hydrogens (primary N) is 1. The average molecular weight is 326 g/mol. The summed E-state index contributed by atoms with van der Waals surface area (Å²) in [6.07, 6.45) is 0. The number of carbonyl (C=O) groups is 1. The SMILES string of the molecule is CC(NC(=O)c1cc(Cl)c(N)c([N+](=O)[O-])c1)c1ccsc1. The lowest BCUT2D eigenvalue weighted by atomic mass is 10.1. The van der Waals surface area contributed by atoms with Crippen LogP contribution in [-0.2, 0) is 0 Å². The molecule has 0 aliphatic rings. The molecule has 0 bridgehead atoms. The summed E-state index contributed by atoms with van der Waals surface area (Å²) in [6.45, 7) is 1.83. The second-order valence-electron chi connectivity index (χ2n) is 4.40. The number of thiophene rings is 1. The number of nitrogens with zero attached hydrogens (tertiary/aromatic N) is 1. The Kier molecular flexibility index (Phi) is 4.44. The van der Waals surface area contributed by atoms with Crippen molar-refractivity contribution in [1.29, 1.82) is 0 Å². The Hall–Kier alpha value is -2.12. The molecule has 1 amide bonds. The number of halogens is 1. The van der Waals surface area contributed by atoms with Crippen LogP contribution < -0.4 is 11.1 Å². The molecule has 0 radical (unpaired) electrons. The fourth-order valence-electron chi connectivity index (χ4n) is 1.77. The van der Waals surface area contributed by atoms with E-state index in [1.54, 1.807) is 0 Å². The van der Waals surface area contributed by atoms with Crippen molar-refractivity contribution in [3.05, 3.63) is 55.2 Å². The Morgan fingerprint density at radius 1 is 1.52 bits per heavy atom. The quantitative estimate of drug-likeness (QED) is 0.511. The number of hydrogen-bond acceptors (Lipinski definition) is 5. The van der Waals surface area contributed by atoms with Crippen LogP contribution >= 0.6 is 22.9 Å². The van der Waals surface area contributed by atoms with Crippen LogP contribution in [0.4, 0.5) is 11.4 Å². The molecule has 0 fully saturated rings. The predicted octanol–water partition coefficient (Wildman–Crippen LogP) is 3.38. The lowest BCUT2D eigenvalue weighted by Crippen LogP contribution is -2.26. The Labute approximate surface area is 129 Å². The van der Waals surface area contributed by atoms with Crippen molar-refractivity contribution in [2.75, 3.05) is 5.73 Å². The maximum Gasteiger partial charge on any atom is 0.294 e. The molecule has 1 aromatic heterocycles. The highest BCUT2D eigenvalue weighted by molar-refractivity contribution is 7.07. The largest absolute Gasteiger partial charge is 0.392 e. The van der Waals surface area contributed by atoms with E-state index >= 15 is 0 Å². The standard InChI is InChI=1S/C13H12ClN3O3S/c1-7(8-2-3-21-6-8)16-13(18)9-4-10(14)12(15)11(5-9)17(19)20/h2-7H,15H2,1H3,(H,16,18). The van der Waals surface area contributed by atoms with Gasteiger partial charge in [0.2, 0.25) is 0 Å². The van der Waals surface area contributed by atoms with Gasteiger partial charge in [-0.1, -0.05) is 11.6 Å². The van der Waals surface area contributed by atoms with Crippen molar-refractivity contribution in [3.8, 4) is 0 Å². The van der Waals surface area contributed by atoms with Crippen LogP contribution in [0.5, 0.6) is 0 Å². The lowest BCUT2D eigenvalue weighted by molar-refractivity contribution is -0.383. The molecule has 21 heavy (non-hydrogen) atoms. The summed E-state index contributed by atoms with van der Waals surface area (Å²) in [4.78, 5) is 22.4. The van der Waals surface area contributed by atoms with Crippen LogP contribution in [0.15, 0.2) is 29.0 Å². The first-order chi connectivity index (χ1) is 9.90. The normalized spacial score (nSPS) is 11.9. The average Bonchev–Trinajstić information content (AvgIpc) is 2.95. The number of hydrogen-bond donors (Lipinski definition) is 2. The second-order valence-corrected chi connectivity index (χ2v) is 5.59. The third-order valence-corrected chi connectivity index (χ3v) is 3.97. The lowest BCUT2D eigenvalue weighted by Gasteiger charge is -2.13. The molecular weight excluding hydrogens is 314 g/mol. The molecule has 1 unspecified atom stereocenters. The number of nitrogen functional groups attached to an aromatic ring is 1. The molecule has 2 rings (SSSR count). The molecule has 8 heteroatoms. The summed E-state index contributed by atoms with van der Waals surface area (Å²) in [7, 11) is 0. The van der Waals surface area contributed by atoms with Gasteiger partial charge in [0.05, 0.1) is 16.0 Å². The van der Waals surface area contributed by atoms with Crippen LogP contribution in [0.1, 0.15) is 28.9 Å². The highest BCUT2D eigenvalue weighted by Crippen LogP contribution is 2.31. The molecule has 110 valence electrons. The van der Waals surface area contributed by atoms with E-state index in [1.807, 2.05) is 23.8 Å². The van der Waals surface area contributed by atoms with Crippen molar-refractivity contribution in [1.82, 2.24) is 5.32 Å². The van der Waals surface area contributed by atoms with E-state index in [9.17, 15) is 14.9 Å². The number of nitro groups is 1. The number of rotatable bonds is 4. The zero-order chi connectivity index (χ0) is 15.6. The number of nitro benzene ring substituents is 1. The first kappa shape index (κ1) is 15.3. The zero-order valence-electron chi connectivity index (χ0n) is 11.0. The van der Waals surface area contributed by atoms with E-state index in [-0.39, 0.29) is 28.0 Å². The van der Waals surface area contributed by atoms with Crippen LogP contribution in [0.25, 0.3) is 0 Å². The zero-order valence-corrected chi connectivity index (χ0v) is 12.6. The van der Waals surface area contributed by atoms with Crippen LogP contribution in [0.3, 0.4) is 0 Å². The molecule has 1 heterocycles. The van der Waals surface area contributed by atoms with E-state index in [2.05, 4.69) is 5.32 Å². The smallest absolute Gasteiger partial charge is 0.294 e. The molecule has 3 N–H and O–H groups in total. The van der Waals surface area contributed by atoms with E-state index in [4.69, 9.17) is 17.3 Å². The molecule has 0 aliphatic heterocycles. The summed E-state index contributed by atoms with van der Waals surface area (Å²) in [6, 6.07) is 4.13. The summed E-state index contributed by atoms with van der Waals surface area (Å²) in [5.41, 5.74) is 6.06. The number of benzene rings is 1. The highest BCUT2D eigenvalue weighted by Gasteiger charge is 2.20. The first-order valence-corrected chi connectivity index (χ1v) is 7.28. The van der Waals surface area contributed by atoms with Crippen molar-refractivity contribution >= 4 is 40.2 Å². The van der Waals surface area contributed by atoms with Crippen LogP contribution in [-0.4, -0.2) is 10.8 Å². The van der Waals surface area contributed by atoms with E-state index in [0.717, 1.165) is 11.6 Å². The maximum absolute atomic E-state index is 12.2. The predicted molar refractivity (Wildman–Crippen MR) is 82.7 cm³/mol. The topological polar surface area (TPSA) is 98.3 Å². The number of amides is 1. The van der Waals surface area contributed by atoms with Gasteiger partial charge < -0.3 is 11.1 Å². The maximum atomic E-state index is 12.2. The second kappa shape index (κ2) is 6.11. The molecular formula is C13H12ClN3O3S. The minimum absolute atomic E-state index is 0.0162. The van der Waals surface area contributed by atoms with Crippen LogP contribution in [0, 0.1) is 10.1 Å². The van der Waals surface area contributed by atoms with Crippen molar-refractivity contribution in [3.63, 3.8) is 0 Å². The number of anilines is 1. The van der Waals surface area contributed by atoms with E-state index in [1.165, 1.54) is 17.4 Å². The molecule has 1 atom stereocenters. The summed E-state index contributed by atoms with van der Waals surface area (Å²) in [5.74, 6) is -0.446. The molecule has 0 saturated heterocycles. The molecule has 6 nitrogen and oxygen atoms in total. The van der Waals surface area contributed by atoms with Gasteiger partial charge >= 0.3 is 0 Å². The summed E-state index contributed by atoms with van der Waals surface area (Å²) < 4.78 is 0. The minimum atomic E-state index is -0.666. The van der Waals surface area contributed by atoms with Gasteiger partial charge in [-0.2, -0.15) is 11.3 Å². The Morgan fingerprint density at radius 2 is 2.24 bits per heavy atom. The fraction of sp³-hybridized carbons (Fsp3) is 0.154. The Bertz CT molecular complexity index is 688. The van der Waals surface area contributed by atoms with Gasteiger partial charge in [-0.05, 0) is 35.4 Å². The molecule has 2 aromatic rings. The number of carbonyl (C=O) groups excluding carboxylic acids is 1. The van der Waals surface area contributed by atoms with Gasteiger partial charge in [-0.25, -0.2) is 0 Å². The fourth-order valence-corrected chi connectivity index (χ4v) is 2.74. The van der Waals surface area contributed by atoms with E-state index < -0.39 is 10.8 Å². The molecule has 0 saturated carbocycles. The van der Waals surface area contributed by atoms with Gasteiger partial charge in [-0.15, -0.1) is 0 Å². The van der Waals surface area contributed by atoms with Gasteiger partial charge in [0.15, 0.2) is 0 Å². The Balaban J connectivity index is 2.25. The first-order valence-electron chi connectivity index (χ1n) is 5.96. The third kappa shape index (κ3) is 3.32. The molecule has 0 aliphatic carbocycles. The van der Waals surface area contributed by atoms with Crippen molar-refractivity contribution in [2.45, 2.75) is 13.0 Å². The van der Waals surface area contributed by atoms with Gasteiger partial charge in [0.1, 0.15) is 5.69 Å². The van der Waals surface area contributed by atoms with E-state index in [0.29, 0.717) is 0 Å². The number of nitrogens with one attached hydrogen (secondary N) is 1.